The Labute approximate surface area is 163 Å². The standard InChI is InChI=1S/C21H24N4O3/c1-14(26)24-16-3-5-17(6-4-16)25-21(27)13-22-10-9-15-12-23-20-8-7-18(28-2)11-19(15)20/h3-8,11-12,22-23H,9-10,13H2,1-2H3,(H,24,26)(H,25,27). The zero-order chi connectivity index (χ0) is 19.9. The number of methoxy groups -OCH3 is 1. The van der Waals surface area contributed by atoms with Gasteiger partial charge in [0.15, 0.2) is 0 Å². The number of amides is 2. The fourth-order valence-corrected chi connectivity index (χ4v) is 2.96. The molecule has 0 fully saturated rings. The molecule has 0 saturated heterocycles. The Bertz CT molecular complexity index is 963. The van der Waals surface area contributed by atoms with Crippen LogP contribution < -0.4 is 20.7 Å². The average Bonchev–Trinajstić information content (AvgIpc) is 3.08. The molecule has 4 N–H and O–H groups in total. The van der Waals surface area contributed by atoms with Gasteiger partial charge >= 0.3 is 0 Å². The summed E-state index contributed by atoms with van der Waals surface area (Å²) in [6, 6.07) is 12.9. The van der Waals surface area contributed by atoms with Crippen molar-refractivity contribution in [2.24, 2.45) is 0 Å². The minimum Gasteiger partial charge on any atom is -0.497 e. The van der Waals surface area contributed by atoms with Crippen molar-refractivity contribution in [3.63, 3.8) is 0 Å². The Balaban J connectivity index is 1.45. The van der Waals surface area contributed by atoms with Crippen molar-refractivity contribution in [1.82, 2.24) is 10.3 Å². The summed E-state index contributed by atoms with van der Waals surface area (Å²) in [5, 5.41) is 9.80. The maximum absolute atomic E-state index is 12.1. The Morgan fingerprint density at radius 2 is 1.75 bits per heavy atom. The number of ether oxygens (including phenoxy) is 1. The lowest BCUT2D eigenvalue weighted by atomic mass is 10.1. The fourth-order valence-electron chi connectivity index (χ4n) is 2.96. The van der Waals surface area contributed by atoms with Gasteiger partial charge < -0.3 is 25.7 Å². The summed E-state index contributed by atoms with van der Waals surface area (Å²) in [7, 11) is 1.65. The molecular weight excluding hydrogens is 356 g/mol. The zero-order valence-corrected chi connectivity index (χ0v) is 16.0. The van der Waals surface area contributed by atoms with Crippen molar-refractivity contribution in [3.8, 4) is 5.75 Å². The smallest absolute Gasteiger partial charge is 0.238 e. The number of fused-ring (bicyclic) bond motifs is 1. The third kappa shape index (κ3) is 5.11. The van der Waals surface area contributed by atoms with Gasteiger partial charge in [-0.05, 0) is 61.0 Å². The molecule has 0 atom stereocenters. The van der Waals surface area contributed by atoms with Crippen molar-refractivity contribution >= 4 is 34.1 Å². The minimum atomic E-state index is -0.130. The summed E-state index contributed by atoms with van der Waals surface area (Å²) in [6.45, 7) is 2.35. The molecule has 146 valence electrons. The number of aromatic nitrogens is 1. The average molecular weight is 380 g/mol. The highest BCUT2D eigenvalue weighted by atomic mass is 16.5. The van der Waals surface area contributed by atoms with E-state index in [9.17, 15) is 9.59 Å². The van der Waals surface area contributed by atoms with E-state index in [1.807, 2.05) is 24.4 Å². The van der Waals surface area contributed by atoms with Crippen LogP contribution in [0.15, 0.2) is 48.7 Å². The summed E-state index contributed by atoms with van der Waals surface area (Å²) in [4.78, 5) is 26.3. The minimum absolute atomic E-state index is 0.118. The molecule has 0 unspecified atom stereocenters. The molecule has 0 aliphatic heterocycles. The third-order valence-electron chi connectivity index (χ3n) is 4.32. The van der Waals surface area contributed by atoms with Crippen LogP contribution >= 0.6 is 0 Å². The Morgan fingerprint density at radius 3 is 2.43 bits per heavy atom. The second-order valence-corrected chi connectivity index (χ2v) is 6.46. The van der Waals surface area contributed by atoms with Crippen LogP contribution in [0.3, 0.4) is 0 Å². The van der Waals surface area contributed by atoms with E-state index in [4.69, 9.17) is 4.74 Å². The molecule has 0 spiro atoms. The number of anilines is 2. The van der Waals surface area contributed by atoms with Crippen molar-refractivity contribution < 1.29 is 14.3 Å². The fraction of sp³-hybridized carbons (Fsp3) is 0.238. The molecule has 1 aromatic heterocycles. The molecule has 1 heterocycles. The van der Waals surface area contributed by atoms with Gasteiger partial charge in [0.25, 0.3) is 0 Å². The van der Waals surface area contributed by atoms with Gasteiger partial charge in [-0.2, -0.15) is 0 Å². The zero-order valence-electron chi connectivity index (χ0n) is 16.0. The Hall–Kier alpha value is -3.32. The van der Waals surface area contributed by atoms with E-state index in [0.29, 0.717) is 17.9 Å². The van der Waals surface area contributed by atoms with Crippen molar-refractivity contribution in [2.75, 3.05) is 30.8 Å². The monoisotopic (exact) mass is 380 g/mol. The molecular formula is C21H24N4O3. The van der Waals surface area contributed by atoms with Gasteiger partial charge in [-0.15, -0.1) is 0 Å². The number of nitrogens with one attached hydrogen (secondary N) is 4. The molecule has 2 aromatic carbocycles. The van der Waals surface area contributed by atoms with Crippen LogP contribution in [0.4, 0.5) is 11.4 Å². The molecule has 28 heavy (non-hydrogen) atoms. The van der Waals surface area contributed by atoms with Crippen LogP contribution in [-0.2, 0) is 16.0 Å². The predicted octanol–water partition coefficient (Wildman–Crippen LogP) is 2.91. The second kappa shape index (κ2) is 9.05. The first kappa shape index (κ1) is 19.4. The summed E-state index contributed by atoms with van der Waals surface area (Å²) < 4.78 is 5.28. The number of H-pyrrole nitrogens is 1. The van der Waals surface area contributed by atoms with E-state index in [0.717, 1.165) is 23.1 Å². The SMILES string of the molecule is COc1ccc2[nH]cc(CCNCC(=O)Nc3ccc(NC(C)=O)cc3)c2c1. The van der Waals surface area contributed by atoms with Crippen LogP contribution in [0.1, 0.15) is 12.5 Å². The first-order chi connectivity index (χ1) is 13.5. The number of carbonyl (C=O) groups is 2. The molecule has 0 aliphatic rings. The largest absolute Gasteiger partial charge is 0.497 e. The lowest BCUT2D eigenvalue weighted by Gasteiger charge is -2.08. The normalized spacial score (nSPS) is 10.6. The first-order valence-corrected chi connectivity index (χ1v) is 9.07. The Kier molecular flexibility index (Phi) is 6.29. The van der Waals surface area contributed by atoms with Crippen LogP contribution in [0.5, 0.6) is 5.75 Å². The van der Waals surface area contributed by atoms with E-state index in [1.54, 1.807) is 31.4 Å². The molecule has 0 saturated carbocycles. The number of rotatable bonds is 8. The van der Waals surface area contributed by atoms with Gasteiger partial charge in [-0.1, -0.05) is 0 Å². The summed E-state index contributed by atoms with van der Waals surface area (Å²) >= 11 is 0. The second-order valence-electron chi connectivity index (χ2n) is 6.46. The highest BCUT2D eigenvalue weighted by Crippen LogP contribution is 2.23. The van der Waals surface area contributed by atoms with Crippen molar-refractivity contribution in [3.05, 3.63) is 54.2 Å². The van der Waals surface area contributed by atoms with Crippen LogP contribution in [-0.4, -0.2) is 37.0 Å². The molecule has 3 rings (SSSR count). The van der Waals surface area contributed by atoms with E-state index >= 15 is 0 Å². The van der Waals surface area contributed by atoms with Gasteiger partial charge in [-0.3, -0.25) is 9.59 Å². The lowest BCUT2D eigenvalue weighted by molar-refractivity contribution is -0.115. The topological polar surface area (TPSA) is 95.2 Å². The van der Waals surface area contributed by atoms with Gasteiger partial charge in [0.2, 0.25) is 11.8 Å². The maximum Gasteiger partial charge on any atom is 0.238 e. The maximum atomic E-state index is 12.1. The van der Waals surface area contributed by atoms with E-state index in [-0.39, 0.29) is 18.4 Å². The van der Waals surface area contributed by atoms with Crippen molar-refractivity contribution in [1.29, 1.82) is 0 Å². The summed E-state index contributed by atoms with van der Waals surface area (Å²) in [5.41, 5.74) is 3.62. The molecule has 7 nitrogen and oxygen atoms in total. The highest BCUT2D eigenvalue weighted by Gasteiger charge is 2.06. The Morgan fingerprint density at radius 1 is 1.04 bits per heavy atom. The number of carbonyl (C=O) groups excluding carboxylic acids is 2. The van der Waals surface area contributed by atoms with Gasteiger partial charge in [0.1, 0.15) is 5.75 Å². The predicted molar refractivity (Wildman–Crippen MR) is 111 cm³/mol. The number of hydrogen-bond donors (Lipinski definition) is 4. The van der Waals surface area contributed by atoms with E-state index in [2.05, 4.69) is 20.9 Å². The molecule has 0 radical (unpaired) electrons. The number of hydrogen-bond acceptors (Lipinski definition) is 4. The highest BCUT2D eigenvalue weighted by molar-refractivity contribution is 5.93. The molecule has 0 aliphatic carbocycles. The number of aromatic amines is 1. The summed E-state index contributed by atoms with van der Waals surface area (Å²) in [6.07, 6.45) is 2.79. The lowest BCUT2D eigenvalue weighted by Crippen LogP contribution is -2.29. The molecule has 3 aromatic rings. The number of benzene rings is 2. The van der Waals surface area contributed by atoms with Crippen LogP contribution in [0, 0.1) is 0 Å². The van der Waals surface area contributed by atoms with E-state index in [1.165, 1.54) is 12.5 Å². The molecule has 2 amide bonds. The van der Waals surface area contributed by atoms with Crippen LogP contribution in [0.2, 0.25) is 0 Å². The summed E-state index contributed by atoms with van der Waals surface area (Å²) in [5.74, 6) is 0.577. The third-order valence-corrected chi connectivity index (χ3v) is 4.32. The van der Waals surface area contributed by atoms with Crippen LogP contribution in [0.25, 0.3) is 10.9 Å². The molecule has 7 heteroatoms. The van der Waals surface area contributed by atoms with Gasteiger partial charge in [-0.25, -0.2) is 0 Å². The van der Waals surface area contributed by atoms with E-state index < -0.39 is 0 Å². The first-order valence-electron chi connectivity index (χ1n) is 9.07. The van der Waals surface area contributed by atoms with Crippen molar-refractivity contribution in [2.45, 2.75) is 13.3 Å². The quantitative estimate of drug-likeness (QED) is 0.452. The van der Waals surface area contributed by atoms with Gasteiger partial charge in [0.05, 0.1) is 13.7 Å². The molecule has 0 bridgehead atoms. The van der Waals surface area contributed by atoms with Gasteiger partial charge in [0, 0.05) is 35.4 Å².